The van der Waals surface area contributed by atoms with Crippen molar-refractivity contribution in [1.29, 1.82) is 5.26 Å². The summed E-state index contributed by atoms with van der Waals surface area (Å²) < 4.78 is 0. The molecule has 0 saturated carbocycles. The summed E-state index contributed by atoms with van der Waals surface area (Å²) >= 11 is 0. The number of rotatable bonds is 3. The van der Waals surface area contributed by atoms with Crippen molar-refractivity contribution in [2.45, 2.75) is 19.8 Å². The van der Waals surface area contributed by atoms with Gasteiger partial charge in [-0.1, -0.05) is 18.2 Å². The normalized spacial score (nSPS) is 9.43. The van der Waals surface area contributed by atoms with Crippen molar-refractivity contribution < 1.29 is 4.92 Å². The molecule has 0 fully saturated rings. The first kappa shape index (κ1) is 10.2. The average Bonchev–Trinajstić information content (AvgIpc) is 2.14. The third-order valence-corrected chi connectivity index (χ3v) is 2.01. The number of nitro benzene ring substituents is 1. The lowest BCUT2D eigenvalue weighted by Crippen LogP contribution is -1.97. The lowest BCUT2D eigenvalue weighted by atomic mass is 10.0. The molecule has 0 aliphatic heterocycles. The van der Waals surface area contributed by atoms with Crippen LogP contribution in [-0.4, -0.2) is 4.92 Å². The summed E-state index contributed by atoms with van der Waals surface area (Å²) in [5.41, 5.74) is 1.42. The van der Waals surface area contributed by atoms with Crippen molar-refractivity contribution in [2.75, 3.05) is 0 Å². The molecule has 0 spiro atoms. The fourth-order valence-electron chi connectivity index (χ4n) is 1.37. The van der Waals surface area contributed by atoms with Crippen LogP contribution in [0, 0.1) is 28.4 Å². The van der Waals surface area contributed by atoms with Gasteiger partial charge in [0.05, 0.1) is 11.0 Å². The van der Waals surface area contributed by atoms with E-state index in [0.717, 1.165) is 0 Å². The second kappa shape index (κ2) is 4.38. The van der Waals surface area contributed by atoms with Gasteiger partial charge in [-0.25, -0.2) is 0 Å². The molecular formula is C10H10N2O2. The number of para-hydroxylation sites is 1. The minimum Gasteiger partial charge on any atom is -0.258 e. The molecular weight excluding hydrogens is 180 g/mol. The van der Waals surface area contributed by atoms with Gasteiger partial charge in [0.25, 0.3) is 5.69 Å². The maximum Gasteiger partial charge on any atom is 0.275 e. The first-order chi connectivity index (χ1) is 6.66. The van der Waals surface area contributed by atoms with Crippen LogP contribution in [0.1, 0.15) is 17.5 Å². The molecule has 0 heterocycles. The largest absolute Gasteiger partial charge is 0.275 e. The van der Waals surface area contributed by atoms with Gasteiger partial charge in [-0.2, -0.15) is 5.26 Å². The highest BCUT2D eigenvalue weighted by atomic mass is 16.6. The molecule has 0 N–H and O–H groups in total. The van der Waals surface area contributed by atoms with Gasteiger partial charge in [0, 0.05) is 17.5 Å². The van der Waals surface area contributed by atoms with Gasteiger partial charge in [-0.3, -0.25) is 10.1 Å². The third-order valence-electron chi connectivity index (χ3n) is 2.01. The Balaban J connectivity index is 3.09. The third kappa shape index (κ3) is 2.07. The van der Waals surface area contributed by atoms with E-state index in [1.807, 2.05) is 6.07 Å². The number of hydrogen-bond donors (Lipinski definition) is 0. The van der Waals surface area contributed by atoms with Crippen LogP contribution in [0.4, 0.5) is 5.69 Å². The van der Waals surface area contributed by atoms with Gasteiger partial charge >= 0.3 is 0 Å². The van der Waals surface area contributed by atoms with Crippen LogP contribution < -0.4 is 0 Å². The molecule has 4 heteroatoms. The molecule has 1 aromatic carbocycles. The zero-order valence-electron chi connectivity index (χ0n) is 7.86. The van der Waals surface area contributed by atoms with Crippen LogP contribution in [0.3, 0.4) is 0 Å². The molecule has 0 amide bonds. The van der Waals surface area contributed by atoms with E-state index >= 15 is 0 Å². The van der Waals surface area contributed by atoms with Crippen LogP contribution in [-0.2, 0) is 6.42 Å². The van der Waals surface area contributed by atoms with Crippen molar-refractivity contribution in [1.82, 2.24) is 0 Å². The Labute approximate surface area is 81.9 Å². The number of benzene rings is 1. The van der Waals surface area contributed by atoms with Crippen LogP contribution >= 0.6 is 0 Å². The Morgan fingerprint density at radius 3 is 2.86 bits per heavy atom. The monoisotopic (exact) mass is 190 g/mol. The lowest BCUT2D eigenvalue weighted by molar-refractivity contribution is -0.386. The van der Waals surface area contributed by atoms with Gasteiger partial charge in [-0.15, -0.1) is 0 Å². The quantitative estimate of drug-likeness (QED) is 0.542. The molecule has 0 aromatic heterocycles. The number of nitriles is 1. The minimum absolute atomic E-state index is 0.141. The molecule has 14 heavy (non-hydrogen) atoms. The fourth-order valence-corrected chi connectivity index (χ4v) is 1.37. The second-order valence-corrected chi connectivity index (χ2v) is 3.00. The van der Waals surface area contributed by atoms with Crippen molar-refractivity contribution in [3.05, 3.63) is 39.4 Å². The highest BCUT2D eigenvalue weighted by Crippen LogP contribution is 2.23. The summed E-state index contributed by atoms with van der Waals surface area (Å²) in [4.78, 5) is 10.3. The zero-order valence-corrected chi connectivity index (χ0v) is 7.86. The molecule has 0 saturated heterocycles. The summed E-state index contributed by atoms with van der Waals surface area (Å²) in [6, 6.07) is 7.15. The van der Waals surface area contributed by atoms with Crippen molar-refractivity contribution in [3.63, 3.8) is 0 Å². The molecule has 4 nitrogen and oxygen atoms in total. The summed E-state index contributed by atoms with van der Waals surface area (Å²) in [6.45, 7) is 1.70. The summed E-state index contributed by atoms with van der Waals surface area (Å²) in [7, 11) is 0. The standard InChI is InChI=1S/C10H10N2O2/c1-8-4-2-5-9(6-3-7-11)10(8)12(13)14/h2,4-5H,3,6H2,1H3. The van der Waals surface area contributed by atoms with E-state index in [-0.39, 0.29) is 10.6 Å². The van der Waals surface area contributed by atoms with Crippen LogP contribution in [0.5, 0.6) is 0 Å². The Bertz CT molecular complexity index is 394. The Kier molecular flexibility index (Phi) is 3.19. The van der Waals surface area contributed by atoms with Gasteiger partial charge in [-0.05, 0) is 13.3 Å². The molecule has 0 bridgehead atoms. The predicted octanol–water partition coefficient (Wildman–Crippen LogP) is 2.36. The Hall–Kier alpha value is -1.89. The second-order valence-electron chi connectivity index (χ2n) is 3.00. The van der Waals surface area contributed by atoms with E-state index in [0.29, 0.717) is 24.0 Å². The average molecular weight is 190 g/mol. The van der Waals surface area contributed by atoms with Crippen LogP contribution in [0.25, 0.3) is 0 Å². The van der Waals surface area contributed by atoms with E-state index in [4.69, 9.17) is 5.26 Å². The van der Waals surface area contributed by atoms with E-state index in [9.17, 15) is 10.1 Å². The number of aryl methyl sites for hydroxylation is 2. The number of hydrogen-bond acceptors (Lipinski definition) is 3. The molecule has 0 aliphatic carbocycles. The lowest BCUT2D eigenvalue weighted by Gasteiger charge is -2.02. The predicted molar refractivity (Wildman–Crippen MR) is 51.8 cm³/mol. The molecule has 1 aromatic rings. The summed E-state index contributed by atoms with van der Waals surface area (Å²) in [6.07, 6.45) is 0.749. The number of nitrogens with zero attached hydrogens (tertiary/aromatic N) is 2. The van der Waals surface area contributed by atoms with Crippen molar-refractivity contribution in [2.24, 2.45) is 0 Å². The Morgan fingerprint density at radius 2 is 2.29 bits per heavy atom. The fraction of sp³-hybridized carbons (Fsp3) is 0.300. The van der Waals surface area contributed by atoms with E-state index in [1.54, 1.807) is 25.1 Å². The molecule has 0 unspecified atom stereocenters. The van der Waals surface area contributed by atoms with Crippen molar-refractivity contribution in [3.8, 4) is 6.07 Å². The highest BCUT2D eigenvalue weighted by Gasteiger charge is 2.15. The first-order valence-electron chi connectivity index (χ1n) is 4.26. The minimum atomic E-state index is -0.387. The topological polar surface area (TPSA) is 66.9 Å². The Morgan fingerprint density at radius 1 is 1.57 bits per heavy atom. The van der Waals surface area contributed by atoms with E-state index in [2.05, 4.69) is 0 Å². The van der Waals surface area contributed by atoms with Crippen LogP contribution in [0.2, 0.25) is 0 Å². The summed E-state index contributed by atoms with van der Waals surface area (Å²) in [5, 5.41) is 19.1. The molecule has 0 atom stereocenters. The van der Waals surface area contributed by atoms with Crippen molar-refractivity contribution >= 4 is 5.69 Å². The zero-order chi connectivity index (χ0) is 10.6. The van der Waals surface area contributed by atoms with Gasteiger partial charge in [0.1, 0.15) is 0 Å². The summed E-state index contributed by atoms with van der Waals surface area (Å²) in [5.74, 6) is 0. The van der Waals surface area contributed by atoms with Crippen LogP contribution in [0.15, 0.2) is 18.2 Å². The maximum atomic E-state index is 10.7. The van der Waals surface area contributed by atoms with E-state index < -0.39 is 0 Å². The van der Waals surface area contributed by atoms with Gasteiger partial charge in [0.2, 0.25) is 0 Å². The smallest absolute Gasteiger partial charge is 0.258 e. The first-order valence-corrected chi connectivity index (χ1v) is 4.26. The number of nitro groups is 1. The molecule has 0 radical (unpaired) electrons. The highest BCUT2D eigenvalue weighted by molar-refractivity contribution is 5.47. The molecule has 1 rings (SSSR count). The SMILES string of the molecule is Cc1cccc(CCC#N)c1[N+](=O)[O-]. The van der Waals surface area contributed by atoms with Gasteiger partial charge < -0.3 is 0 Å². The molecule has 0 aliphatic rings. The van der Waals surface area contributed by atoms with E-state index in [1.165, 1.54) is 0 Å². The van der Waals surface area contributed by atoms with Gasteiger partial charge in [0.15, 0.2) is 0 Å². The maximum absolute atomic E-state index is 10.7. The molecule has 72 valence electrons.